The Labute approximate surface area is 88.1 Å². The van der Waals surface area contributed by atoms with Crippen LogP contribution >= 0.6 is 0 Å². The van der Waals surface area contributed by atoms with Crippen molar-refractivity contribution in [2.75, 3.05) is 6.54 Å². The second-order valence-electron chi connectivity index (χ2n) is 3.22. The van der Waals surface area contributed by atoms with Gasteiger partial charge < -0.3 is 10.7 Å². The van der Waals surface area contributed by atoms with Crippen LogP contribution in [0.5, 0.6) is 0 Å². The predicted molar refractivity (Wildman–Crippen MR) is 64.9 cm³/mol. The Bertz CT molecular complexity index is 261. The fraction of sp³-hybridized carbons (Fsp3) is 0.273. The van der Waals surface area contributed by atoms with Gasteiger partial charge in [0.15, 0.2) is 0 Å². The van der Waals surface area contributed by atoms with Gasteiger partial charge in [-0.25, -0.2) is 0 Å². The first-order valence-electron chi connectivity index (χ1n) is 4.99. The number of benzene rings is 1. The van der Waals surface area contributed by atoms with Gasteiger partial charge in [0.2, 0.25) is 0 Å². The molecule has 0 saturated heterocycles. The van der Waals surface area contributed by atoms with Gasteiger partial charge in [-0.2, -0.15) is 0 Å². The minimum Gasteiger partial charge on any atom is -0.333 e. The molecule has 1 rings (SSSR count). The van der Waals surface area contributed by atoms with Crippen molar-refractivity contribution in [3.8, 4) is 0 Å². The molecule has 0 spiro atoms. The Hall–Kier alpha value is -0.903. The van der Waals surface area contributed by atoms with Gasteiger partial charge >= 0.3 is 0 Å². The first kappa shape index (κ1) is 11.2. The molecule has 3 N–H and O–H groups in total. The lowest BCUT2D eigenvalue weighted by Crippen LogP contribution is -2.25. The zero-order valence-electron chi connectivity index (χ0n) is 8.45. The van der Waals surface area contributed by atoms with Gasteiger partial charge in [-0.05, 0) is 18.2 Å². The summed E-state index contributed by atoms with van der Waals surface area (Å²) in [6, 6.07) is 11.8. The zero-order chi connectivity index (χ0) is 10.2. The molecule has 0 fully saturated rings. The first-order valence-corrected chi connectivity index (χ1v) is 6.70. The third-order valence-corrected chi connectivity index (χ3v) is 3.63. The van der Waals surface area contributed by atoms with E-state index < -0.39 is 0 Å². The van der Waals surface area contributed by atoms with Crippen molar-refractivity contribution >= 4 is 9.68 Å². The molecule has 3 heteroatoms. The minimum absolute atomic E-state index is 0.237. The number of nitrogens with two attached hydrogens (primary N) is 1. The summed E-state index contributed by atoms with van der Waals surface area (Å²) in [6.45, 7) is 4.63. The third kappa shape index (κ3) is 3.45. The highest BCUT2D eigenvalue weighted by molar-refractivity contribution is 6.32. The van der Waals surface area contributed by atoms with Crippen molar-refractivity contribution in [3.63, 3.8) is 0 Å². The van der Waals surface area contributed by atoms with Crippen LogP contribution in [-0.4, -0.2) is 16.2 Å². The Balaban J connectivity index is 2.50. The molecular weight excluding hydrogens is 188 g/mol. The summed E-state index contributed by atoms with van der Waals surface area (Å²) in [4.78, 5) is 3.53. The van der Waals surface area contributed by atoms with Crippen LogP contribution in [0.4, 0.5) is 0 Å². The summed E-state index contributed by atoms with van der Waals surface area (Å²) in [6.07, 6.45) is 1.96. The van der Waals surface area contributed by atoms with Crippen LogP contribution in [0.3, 0.4) is 0 Å². The van der Waals surface area contributed by atoms with Gasteiger partial charge in [-0.3, -0.25) is 0 Å². The van der Waals surface area contributed by atoms with E-state index in [4.69, 9.17) is 5.73 Å². The molecule has 76 valence electrons. The van der Waals surface area contributed by atoms with Crippen molar-refractivity contribution < 1.29 is 0 Å². The monoisotopic (exact) mass is 206 g/mol. The van der Waals surface area contributed by atoms with Gasteiger partial charge in [0.25, 0.3) is 0 Å². The third-order valence-electron chi connectivity index (χ3n) is 2.14. The molecule has 0 aromatic heterocycles. The van der Waals surface area contributed by atoms with E-state index in [1.807, 2.05) is 12.1 Å². The van der Waals surface area contributed by atoms with Gasteiger partial charge in [0.05, 0.1) is 9.68 Å². The predicted octanol–water partition coefficient (Wildman–Crippen LogP) is 0.964. The fourth-order valence-electron chi connectivity index (χ4n) is 1.36. The topological polar surface area (TPSA) is 38.0 Å². The maximum absolute atomic E-state index is 5.46. The molecule has 0 aliphatic rings. The Morgan fingerprint density at radius 3 is 2.71 bits per heavy atom. The average Bonchev–Trinajstić information content (AvgIpc) is 2.26. The average molecular weight is 206 g/mol. The number of hydrogen-bond acceptors (Lipinski definition) is 2. The largest absolute Gasteiger partial charge is 0.333 e. The molecule has 0 amide bonds. The van der Waals surface area contributed by atoms with Gasteiger partial charge in [0, 0.05) is 6.04 Å². The Morgan fingerprint density at radius 1 is 1.43 bits per heavy atom. The van der Waals surface area contributed by atoms with Crippen molar-refractivity contribution in [2.24, 2.45) is 5.73 Å². The molecular formula is C11H18N2Si. The SMILES string of the molecule is C=CC(N[SiH2]CCN)c1ccccc1. The Morgan fingerprint density at radius 2 is 2.14 bits per heavy atom. The van der Waals surface area contributed by atoms with E-state index in [1.165, 1.54) is 5.56 Å². The van der Waals surface area contributed by atoms with Crippen LogP contribution in [0.1, 0.15) is 11.6 Å². The van der Waals surface area contributed by atoms with E-state index in [-0.39, 0.29) is 9.68 Å². The first-order chi connectivity index (χ1) is 6.88. The molecule has 1 unspecified atom stereocenters. The molecule has 2 nitrogen and oxygen atoms in total. The van der Waals surface area contributed by atoms with Crippen molar-refractivity contribution in [1.29, 1.82) is 0 Å². The van der Waals surface area contributed by atoms with E-state index in [9.17, 15) is 0 Å². The summed E-state index contributed by atoms with van der Waals surface area (Å²) >= 11 is 0. The van der Waals surface area contributed by atoms with E-state index in [0.717, 1.165) is 12.6 Å². The van der Waals surface area contributed by atoms with Crippen molar-refractivity contribution in [3.05, 3.63) is 48.6 Å². The highest BCUT2D eigenvalue weighted by Crippen LogP contribution is 2.12. The van der Waals surface area contributed by atoms with Crippen molar-refractivity contribution in [1.82, 2.24) is 4.98 Å². The highest BCUT2D eigenvalue weighted by atomic mass is 28.2. The normalized spacial score (nSPS) is 13.2. The fourth-order valence-corrected chi connectivity index (χ4v) is 2.48. The highest BCUT2D eigenvalue weighted by Gasteiger charge is 2.04. The number of hydrogen-bond donors (Lipinski definition) is 2. The molecule has 1 aromatic rings. The second-order valence-corrected chi connectivity index (χ2v) is 4.84. The Kier molecular flexibility index (Phi) is 5.22. The van der Waals surface area contributed by atoms with E-state index >= 15 is 0 Å². The van der Waals surface area contributed by atoms with Crippen LogP contribution in [-0.2, 0) is 0 Å². The standard InChI is InChI=1S/C11H18N2Si/c1-2-11(13-14-9-8-12)10-6-4-3-5-7-10/h2-7,11,13H,1,8-9,12,14H2. The molecule has 0 saturated carbocycles. The van der Waals surface area contributed by atoms with E-state index in [1.54, 1.807) is 0 Å². The molecule has 0 bridgehead atoms. The summed E-state index contributed by atoms with van der Waals surface area (Å²) in [7, 11) is -0.237. The molecule has 0 radical (unpaired) electrons. The maximum atomic E-state index is 5.46. The van der Waals surface area contributed by atoms with E-state index in [0.29, 0.717) is 6.04 Å². The molecule has 1 aromatic carbocycles. The minimum atomic E-state index is -0.237. The quantitative estimate of drug-likeness (QED) is 0.413. The van der Waals surface area contributed by atoms with Crippen LogP contribution in [0, 0.1) is 0 Å². The summed E-state index contributed by atoms with van der Waals surface area (Å²) in [5.41, 5.74) is 6.75. The van der Waals surface area contributed by atoms with Crippen LogP contribution in [0.2, 0.25) is 6.04 Å². The number of rotatable bonds is 6. The lowest BCUT2D eigenvalue weighted by atomic mass is 10.1. The van der Waals surface area contributed by atoms with E-state index in [2.05, 4.69) is 35.8 Å². The zero-order valence-corrected chi connectivity index (χ0v) is 9.86. The van der Waals surface area contributed by atoms with Crippen LogP contribution in [0.15, 0.2) is 43.0 Å². The molecule has 14 heavy (non-hydrogen) atoms. The van der Waals surface area contributed by atoms with Crippen molar-refractivity contribution in [2.45, 2.75) is 12.1 Å². The smallest absolute Gasteiger partial charge is 0.0938 e. The van der Waals surface area contributed by atoms with Gasteiger partial charge in [-0.15, -0.1) is 6.58 Å². The lowest BCUT2D eigenvalue weighted by molar-refractivity contribution is 0.811. The summed E-state index contributed by atoms with van der Waals surface area (Å²) in [5, 5.41) is 0. The summed E-state index contributed by atoms with van der Waals surface area (Å²) < 4.78 is 0. The van der Waals surface area contributed by atoms with Crippen LogP contribution in [0.25, 0.3) is 0 Å². The maximum Gasteiger partial charge on any atom is 0.0938 e. The summed E-state index contributed by atoms with van der Waals surface area (Å²) in [5.74, 6) is 0. The van der Waals surface area contributed by atoms with Crippen LogP contribution < -0.4 is 10.7 Å². The van der Waals surface area contributed by atoms with Gasteiger partial charge in [0.1, 0.15) is 0 Å². The molecule has 1 atom stereocenters. The molecule has 0 aliphatic carbocycles. The molecule has 0 heterocycles. The number of nitrogens with one attached hydrogen (secondary N) is 1. The lowest BCUT2D eigenvalue weighted by Gasteiger charge is -2.14. The van der Waals surface area contributed by atoms with Gasteiger partial charge in [-0.1, -0.05) is 36.4 Å². The molecule has 0 aliphatic heterocycles. The second kappa shape index (κ2) is 6.54.